The van der Waals surface area contributed by atoms with Gasteiger partial charge in [-0.25, -0.2) is 0 Å². The first kappa shape index (κ1) is 13.1. The number of nitriles is 1. The van der Waals surface area contributed by atoms with Crippen LogP contribution >= 0.6 is 27.3 Å². The van der Waals surface area contributed by atoms with E-state index in [1.165, 1.54) is 17.4 Å². The van der Waals surface area contributed by atoms with E-state index in [1.54, 1.807) is 11.3 Å². The van der Waals surface area contributed by atoms with Crippen LogP contribution in [0.3, 0.4) is 0 Å². The van der Waals surface area contributed by atoms with Crippen molar-refractivity contribution in [1.82, 2.24) is 4.40 Å². The van der Waals surface area contributed by atoms with Crippen LogP contribution in [0.25, 0.3) is 16.1 Å². The Balaban J connectivity index is 2.38. The van der Waals surface area contributed by atoms with Crippen molar-refractivity contribution < 1.29 is 0 Å². The second-order valence-electron chi connectivity index (χ2n) is 4.42. The van der Waals surface area contributed by atoms with Crippen molar-refractivity contribution in [3.05, 3.63) is 61.7 Å². The number of aromatic nitrogens is 1. The van der Waals surface area contributed by atoms with Crippen molar-refractivity contribution in [3.63, 3.8) is 0 Å². The number of rotatable bonds is 1. The minimum Gasteiger partial charge on any atom is -0.269 e. The molecule has 0 N–H and O–H groups in total. The number of pyridine rings is 1. The molecule has 3 aromatic rings. The molecular formula is C15H9BrN2OS. The fourth-order valence-corrected chi connectivity index (χ4v) is 3.51. The fraction of sp³-hybridized carbons (Fsp3) is 0.0667. The molecule has 0 fully saturated rings. The molecule has 1 aromatic carbocycles. The highest BCUT2D eigenvalue weighted by molar-refractivity contribution is 9.10. The molecular weight excluding hydrogens is 336 g/mol. The van der Waals surface area contributed by atoms with Gasteiger partial charge in [0.05, 0.1) is 11.3 Å². The molecule has 0 aliphatic rings. The minimum absolute atomic E-state index is 0.101. The van der Waals surface area contributed by atoms with Gasteiger partial charge in [0.25, 0.3) is 5.56 Å². The van der Waals surface area contributed by atoms with Gasteiger partial charge in [-0.3, -0.25) is 9.20 Å². The first-order chi connectivity index (χ1) is 9.61. The Morgan fingerprint density at radius 2 is 2.00 bits per heavy atom. The third-order valence-electron chi connectivity index (χ3n) is 3.15. The van der Waals surface area contributed by atoms with E-state index in [4.69, 9.17) is 0 Å². The highest BCUT2D eigenvalue weighted by Gasteiger charge is 2.13. The number of nitrogens with zero attached hydrogens (tertiary/aromatic N) is 2. The quantitative estimate of drug-likeness (QED) is 0.670. The Morgan fingerprint density at radius 3 is 2.65 bits per heavy atom. The molecule has 20 heavy (non-hydrogen) atoms. The third kappa shape index (κ3) is 1.98. The predicted octanol–water partition coefficient (Wildman–Crippen LogP) is 3.97. The van der Waals surface area contributed by atoms with Gasteiger partial charge in [-0.15, -0.1) is 11.3 Å². The maximum absolute atomic E-state index is 12.2. The van der Waals surface area contributed by atoms with E-state index >= 15 is 0 Å². The van der Waals surface area contributed by atoms with Crippen LogP contribution in [-0.4, -0.2) is 4.40 Å². The summed E-state index contributed by atoms with van der Waals surface area (Å²) in [7, 11) is 0. The number of hydrogen-bond donors (Lipinski definition) is 0. The summed E-state index contributed by atoms with van der Waals surface area (Å²) in [5, 5.41) is 11.2. The predicted molar refractivity (Wildman–Crippen MR) is 84.1 cm³/mol. The lowest BCUT2D eigenvalue weighted by Crippen LogP contribution is -2.13. The molecule has 2 heterocycles. The molecule has 98 valence electrons. The Labute approximate surface area is 127 Å². The van der Waals surface area contributed by atoms with Crippen LogP contribution in [0.4, 0.5) is 0 Å². The van der Waals surface area contributed by atoms with E-state index in [2.05, 4.69) is 22.0 Å². The van der Waals surface area contributed by atoms with Gasteiger partial charge in [0.1, 0.15) is 10.9 Å². The Bertz CT molecular complexity index is 900. The van der Waals surface area contributed by atoms with Gasteiger partial charge in [0, 0.05) is 15.9 Å². The smallest absolute Gasteiger partial charge is 0.256 e. The summed E-state index contributed by atoms with van der Waals surface area (Å²) in [6.07, 6.45) is 0. The second kappa shape index (κ2) is 4.89. The third-order valence-corrected chi connectivity index (χ3v) is 4.63. The van der Waals surface area contributed by atoms with Crippen molar-refractivity contribution in [3.8, 4) is 17.3 Å². The van der Waals surface area contributed by atoms with Crippen molar-refractivity contribution >= 4 is 32.1 Å². The molecule has 2 aromatic heterocycles. The SMILES string of the molecule is Cc1cc(=O)n2c(-c3ccc(Br)cc3)csc2c1C#N. The van der Waals surface area contributed by atoms with Gasteiger partial charge >= 0.3 is 0 Å². The molecule has 0 bridgehead atoms. The van der Waals surface area contributed by atoms with Crippen LogP contribution in [0.5, 0.6) is 0 Å². The van der Waals surface area contributed by atoms with E-state index in [9.17, 15) is 10.1 Å². The molecule has 0 spiro atoms. The van der Waals surface area contributed by atoms with Gasteiger partial charge in [-0.1, -0.05) is 28.1 Å². The summed E-state index contributed by atoms with van der Waals surface area (Å²) in [6, 6.07) is 11.5. The molecule has 0 saturated carbocycles. The lowest BCUT2D eigenvalue weighted by Gasteiger charge is -2.04. The second-order valence-corrected chi connectivity index (χ2v) is 6.19. The normalized spacial score (nSPS) is 10.7. The lowest BCUT2D eigenvalue weighted by molar-refractivity contribution is 1.11. The topological polar surface area (TPSA) is 45.3 Å². The van der Waals surface area contributed by atoms with Gasteiger partial charge in [-0.2, -0.15) is 5.26 Å². The van der Waals surface area contributed by atoms with E-state index in [1.807, 2.05) is 29.6 Å². The zero-order valence-electron chi connectivity index (χ0n) is 10.6. The monoisotopic (exact) mass is 344 g/mol. The van der Waals surface area contributed by atoms with Crippen LogP contribution in [0.2, 0.25) is 0 Å². The fourth-order valence-electron chi connectivity index (χ4n) is 2.16. The summed E-state index contributed by atoms with van der Waals surface area (Å²) in [4.78, 5) is 12.9. The number of thiazole rings is 1. The highest BCUT2D eigenvalue weighted by atomic mass is 79.9. The van der Waals surface area contributed by atoms with Crippen molar-refractivity contribution in [2.45, 2.75) is 6.92 Å². The van der Waals surface area contributed by atoms with E-state index in [0.717, 1.165) is 21.3 Å². The number of benzene rings is 1. The van der Waals surface area contributed by atoms with E-state index in [-0.39, 0.29) is 5.56 Å². The zero-order valence-corrected chi connectivity index (χ0v) is 13.0. The van der Waals surface area contributed by atoms with Gasteiger partial charge in [0.2, 0.25) is 0 Å². The summed E-state index contributed by atoms with van der Waals surface area (Å²) in [5.74, 6) is 0. The van der Waals surface area contributed by atoms with Crippen molar-refractivity contribution in [2.24, 2.45) is 0 Å². The van der Waals surface area contributed by atoms with Gasteiger partial charge < -0.3 is 0 Å². The van der Waals surface area contributed by atoms with Crippen molar-refractivity contribution in [2.75, 3.05) is 0 Å². The number of halogens is 1. The number of fused-ring (bicyclic) bond motifs is 1. The number of hydrogen-bond acceptors (Lipinski definition) is 3. The maximum atomic E-state index is 12.2. The summed E-state index contributed by atoms with van der Waals surface area (Å²) in [5.41, 5.74) is 2.96. The summed E-state index contributed by atoms with van der Waals surface area (Å²) >= 11 is 4.82. The first-order valence-electron chi connectivity index (χ1n) is 5.91. The molecule has 0 saturated heterocycles. The first-order valence-corrected chi connectivity index (χ1v) is 7.59. The van der Waals surface area contributed by atoms with Gasteiger partial charge in [0.15, 0.2) is 0 Å². The molecule has 0 aliphatic heterocycles. The molecule has 3 nitrogen and oxygen atoms in total. The van der Waals surface area contributed by atoms with Crippen LogP contribution in [-0.2, 0) is 0 Å². The molecule has 0 atom stereocenters. The summed E-state index contributed by atoms with van der Waals surface area (Å²) in [6.45, 7) is 1.79. The lowest BCUT2D eigenvalue weighted by atomic mass is 10.1. The average molecular weight is 345 g/mol. The van der Waals surface area contributed by atoms with Crippen LogP contribution in [0.1, 0.15) is 11.1 Å². The molecule has 5 heteroatoms. The zero-order chi connectivity index (χ0) is 14.3. The molecule has 0 unspecified atom stereocenters. The largest absolute Gasteiger partial charge is 0.269 e. The maximum Gasteiger partial charge on any atom is 0.256 e. The van der Waals surface area contributed by atoms with Crippen LogP contribution in [0, 0.1) is 18.3 Å². The minimum atomic E-state index is -0.101. The van der Waals surface area contributed by atoms with Crippen LogP contribution in [0.15, 0.2) is 45.0 Å². The summed E-state index contributed by atoms with van der Waals surface area (Å²) < 4.78 is 2.60. The number of aryl methyl sites for hydroxylation is 1. The molecule has 0 aliphatic carbocycles. The molecule has 0 radical (unpaired) electrons. The standard InChI is InChI=1S/C15H9BrN2OS/c1-9-6-14(19)18-13(8-20-15(18)12(9)7-17)10-2-4-11(16)5-3-10/h2-6,8H,1H3. The average Bonchev–Trinajstić information content (AvgIpc) is 2.85. The van der Waals surface area contributed by atoms with E-state index < -0.39 is 0 Å². The van der Waals surface area contributed by atoms with Gasteiger partial charge in [-0.05, 0) is 30.2 Å². The Kier molecular flexibility index (Phi) is 3.20. The molecule has 0 amide bonds. The molecule has 3 rings (SSSR count). The van der Waals surface area contributed by atoms with E-state index in [0.29, 0.717) is 10.4 Å². The Morgan fingerprint density at radius 1 is 1.30 bits per heavy atom. The van der Waals surface area contributed by atoms with Crippen LogP contribution < -0.4 is 5.56 Å². The Hall–Kier alpha value is -1.90. The highest BCUT2D eigenvalue weighted by Crippen LogP contribution is 2.28. The van der Waals surface area contributed by atoms with Crippen molar-refractivity contribution in [1.29, 1.82) is 5.26 Å².